The minimum atomic E-state index is -0.473. The van der Waals surface area contributed by atoms with Gasteiger partial charge in [-0.1, -0.05) is 0 Å². The lowest BCUT2D eigenvalue weighted by Crippen LogP contribution is -2.30. The second-order valence-electron chi connectivity index (χ2n) is 3.14. The molecule has 3 heteroatoms. The van der Waals surface area contributed by atoms with Crippen molar-refractivity contribution in [1.82, 2.24) is 0 Å². The molecule has 0 saturated carbocycles. The van der Waals surface area contributed by atoms with Gasteiger partial charge in [-0.3, -0.25) is 0 Å². The summed E-state index contributed by atoms with van der Waals surface area (Å²) in [5.74, 6) is -0.271. The van der Waals surface area contributed by atoms with Crippen molar-refractivity contribution in [3.63, 3.8) is 0 Å². The van der Waals surface area contributed by atoms with Crippen molar-refractivity contribution in [3.8, 4) is 0 Å². The molecule has 0 aromatic heterocycles. The number of ether oxygens (including phenoxy) is 2. The first-order chi connectivity index (χ1) is 4.72. The van der Waals surface area contributed by atoms with Gasteiger partial charge in [0, 0.05) is 5.92 Å². The van der Waals surface area contributed by atoms with Crippen LogP contribution in [-0.2, 0) is 9.47 Å². The van der Waals surface area contributed by atoms with E-state index in [0.29, 0.717) is 6.61 Å². The van der Waals surface area contributed by atoms with E-state index in [4.69, 9.17) is 9.47 Å². The summed E-state index contributed by atoms with van der Waals surface area (Å²) in [4.78, 5) is 0. The third-order valence-electron chi connectivity index (χ3n) is 2.50. The Hall–Kier alpha value is -0.120. The van der Waals surface area contributed by atoms with Crippen LogP contribution in [0.2, 0.25) is 0 Å². The van der Waals surface area contributed by atoms with E-state index < -0.39 is 5.79 Å². The lowest BCUT2D eigenvalue weighted by molar-refractivity contribution is -0.181. The van der Waals surface area contributed by atoms with Crippen LogP contribution < -0.4 is 0 Å². The van der Waals surface area contributed by atoms with E-state index in [1.165, 1.54) is 0 Å². The molecule has 0 bridgehead atoms. The van der Waals surface area contributed by atoms with E-state index in [0.717, 1.165) is 13.0 Å². The highest BCUT2D eigenvalue weighted by molar-refractivity contribution is 4.91. The van der Waals surface area contributed by atoms with Crippen LogP contribution in [0.4, 0.5) is 0 Å². The van der Waals surface area contributed by atoms with Gasteiger partial charge in [-0.05, 0) is 13.3 Å². The second-order valence-corrected chi connectivity index (χ2v) is 3.14. The van der Waals surface area contributed by atoms with E-state index in [2.05, 4.69) is 0 Å². The highest BCUT2D eigenvalue weighted by atomic mass is 16.7. The monoisotopic (exact) mass is 144 g/mol. The first-order valence-electron chi connectivity index (χ1n) is 3.68. The zero-order chi connectivity index (χ0) is 7.19. The molecule has 2 aliphatic heterocycles. The van der Waals surface area contributed by atoms with Crippen LogP contribution in [0.1, 0.15) is 13.3 Å². The van der Waals surface area contributed by atoms with Crippen molar-refractivity contribution < 1.29 is 14.6 Å². The van der Waals surface area contributed by atoms with E-state index in [1.54, 1.807) is 0 Å². The van der Waals surface area contributed by atoms with Crippen LogP contribution in [0.25, 0.3) is 0 Å². The fourth-order valence-electron chi connectivity index (χ4n) is 1.82. The Balaban J connectivity index is 2.19. The topological polar surface area (TPSA) is 38.7 Å². The maximum atomic E-state index is 9.36. The van der Waals surface area contributed by atoms with Crippen LogP contribution in [0, 0.1) is 5.92 Å². The van der Waals surface area contributed by atoms with Gasteiger partial charge < -0.3 is 14.6 Å². The van der Waals surface area contributed by atoms with Gasteiger partial charge in [0.1, 0.15) is 0 Å². The second kappa shape index (κ2) is 1.94. The fraction of sp³-hybridized carbons (Fsp3) is 1.00. The molecule has 2 rings (SSSR count). The largest absolute Gasteiger partial charge is 0.390 e. The Morgan fingerprint density at radius 2 is 2.30 bits per heavy atom. The summed E-state index contributed by atoms with van der Waals surface area (Å²) in [6.45, 7) is 3.06. The average molecular weight is 144 g/mol. The summed E-state index contributed by atoms with van der Waals surface area (Å²) in [7, 11) is 0. The number of fused-ring (bicyclic) bond motifs is 1. The van der Waals surface area contributed by atoms with Gasteiger partial charge in [0.15, 0.2) is 5.79 Å². The van der Waals surface area contributed by atoms with E-state index in [-0.39, 0.29) is 12.0 Å². The molecule has 0 aromatic carbocycles. The van der Waals surface area contributed by atoms with Gasteiger partial charge >= 0.3 is 0 Å². The highest BCUT2D eigenvalue weighted by Crippen LogP contribution is 2.40. The number of aliphatic hydroxyl groups excluding tert-OH is 1. The van der Waals surface area contributed by atoms with Crippen LogP contribution in [0.15, 0.2) is 0 Å². The SMILES string of the molecule is CC12OCCC1C(O)CO2. The third kappa shape index (κ3) is 0.713. The zero-order valence-corrected chi connectivity index (χ0v) is 6.04. The Morgan fingerprint density at radius 3 is 3.00 bits per heavy atom. The average Bonchev–Trinajstić information content (AvgIpc) is 2.35. The van der Waals surface area contributed by atoms with Crippen LogP contribution in [0.5, 0.6) is 0 Å². The molecule has 0 amide bonds. The maximum Gasteiger partial charge on any atom is 0.171 e. The summed E-state index contributed by atoms with van der Waals surface area (Å²) >= 11 is 0. The molecule has 3 unspecified atom stereocenters. The molecular weight excluding hydrogens is 132 g/mol. The predicted molar refractivity (Wildman–Crippen MR) is 34.4 cm³/mol. The summed E-state index contributed by atoms with van der Waals surface area (Å²) in [5.41, 5.74) is 0. The predicted octanol–water partition coefficient (Wildman–Crippen LogP) is 0.130. The Morgan fingerprint density at radius 1 is 1.50 bits per heavy atom. The molecule has 0 aliphatic carbocycles. The lowest BCUT2D eigenvalue weighted by Gasteiger charge is -2.21. The van der Waals surface area contributed by atoms with Crippen molar-refractivity contribution in [2.24, 2.45) is 5.92 Å². The maximum absolute atomic E-state index is 9.36. The smallest absolute Gasteiger partial charge is 0.171 e. The third-order valence-corrected chi connectivity index (χ3v) is 2.50. The number of rotatable bonds is 0. The molecule has 2 aliphatic rings. The molecule has 0 spiro atoms. The van der Waals surface area contributed by atoms with E-state index >= 15 is 0 Å². The van der Waals surface area contributed by atoms with Crippen molar-refractivity contribution in [1.29, 1.82) is 0 Å². The van der Waals surface area contributed by atoms with Gasteiger partial charge in [-0.15, -0.1) is 0 Å². The molecule has 10 heavy (non-hydrogen) atoms. The normalized spacial score (nSPS) is 53.4. The molecule has 2 heterocycles. The van der Waals surface area contributed by atoms with Gasteiger partial charge in [0.2, 0.25) is 0 Å². The van der Waals surface area contributed by atoms with Crippen molar-refractivity contribution >= 4 is 0 Å². The van der Waals surface area contributed by atoms with Gasteiger partial charge in [0.25, 0.3) is 0 Å². The lowest BCUT2D eigenvalue weighted by atomic mass is 9.96. The van der Waals surface area contributed by atoms with E-state index in [9.17, 15) is 5.11 Å². The minimum absolute atomic E-state index is 0.201. The zero-order valence-electron chi connectivity index (χ0n) is 6.04. The summed E-state index contributed by atoms with van der Waals surface area (Å²) < 4.78 is 10.7. The number of hydrogen-bond acceptors (Lipinski definition) is 3. The number of hydrogen-bond donors (Lipinski definition) is 1. The molecule has 0 radical (unpaired) electrons. The molecule has 3 nitrogen and oxygen atoms in total. The van der Waals surface area contributed by atoms with Crippen molar-refractivity contribution in [2.75, 3.05) is 13.2 Å². The molecular formula is C7H12O3. The summed E-state index contributed by atoms with van der Waals surface area (Å²) in [6, 6.07) is 0. The first-order valence-corrected chi connectivity index (χ1v) is 3.68. The van der Waals surface area contributed by atoms with Gasteiger partial charge in [-0.25, -0.2) is 0 Å². The Labute approximate surface area is 59.9 Å². The standard InChI is InChI=1S/C7H12O3/c1-7-5(2-3-9-7)6(8)4-10-7/h5-6,8H,2-4H2,1H3. The van der Waals surface area contributed by atoms with Crippen LogP contribution in [-0.4, -0.2) is 30.2 Å². The quantitative estimate of drug-likeness (QED) is 0.525. The summed E-state index contributed by atoms with van der Waals surface area (Å²) in [5, 5.41) is 9.36. The Kier molecular flexibility index (Phi) is 1.27. The number of aliphatic hydroxyl groups is 1. The fourth-order valence-corrected chi connectivity index (χ4v) is 1.82. The van der Waals surface area contributed by atoms with Gasteiger partial charge in [0.05, 0.1) is 19.3 Å². The minimum Gasteiger partial charge on any atom is -0.390 e. The van der Waals surface area contributed by atoms with Crippen molar-refractivity contribution in [2.45, 2.75) is 25.2 Å². The van der Waals surface area contributed by atoms with Crippen LogP contribution >= 0.6 is 0 Å². The first kappa shape index (κ1) is 6.58. The molecule has 58 valence electrons. The molecule has 2 fully saturated rings. The van der Waals surface area contributed by atoms with Gasteiger partial charge in [-0.2, -0.15) is 0 Å². The molecule has 3 atom stereocenters. The van der Waals surface area contributed by atoms with Crippen LogP contribution in [0.3, 0.4) is 0 Å². The van der Waals surface area contributed by atoms with E-state index in [1.807, 2.05) is 6.92 Å². The van der Waals surface area contributed by atoms with Crippen molar-refractivity contribution in [3.05, 3.63) is 0 Å². The molecule has 2 saturated heterocycles. The Bertz CT molecular complexity index is 148. The highest BCUT2D eigenvalue weighted by Gasteiger charge is 2.50. The summed E-state index contributed by atoms with van der Waals surface area (Å²) in [6.07, 6.45) is 0.616. The molecule has 0 aromatic rings. The molecule has 1 N–H and O–H groups in total.